The van der Waals surface area contributed by atoms with Crippen LogP contribution >= 0.6 is 43.6 Å². The lowest BCUT2D eigenvalue weighted by molar-refractivity contribution is -0.115. The van der Waals surface area contributed by atoms with Crippen LogP contribution in [0, 0.1) is 0 Å². The summed E-state index contributed by atoms with van der Waals surface area (Å²) in [5.41, 5.74) is 1.51. The highest BCUT2D eigenvalue weighted by molar-refractivity contribution is 9.13. The number of carbonyl (C=O) groups is 1. The van der Waals surface area contributed by atoms with E-state index in [1.807, 2.05) is 51.1 Å². The van der Waals surface area contributed by atoms with Gasteiger partial charge in [0.05, 0.1) is 34.9 Å². The average Bonchev–Trinajstić information content (AvgIpc) is 3.07. The highest BCUT2D eigenvalue weighted by Gasteiger charge is 2.25. The van der Waals surface area contributed by atoms with Gasteiger partial charge in [-0.05, 0) is 106 Å². The Balaban J connectivity index is 1.87. The van der Waals surface area contributed by atoms with E-state index in [1.54, 1.807) is 13.2 Å². The van der Waals surface area contributed by atoms with Crippen LogP contribution in [-0.4, -0.2) is 30.9 Å². The fraction of sp³-hybridized carbons (Fsp3) is 0.273. The number of amides is 1. The van der Waals surface area contributed by atoms with Gasteiger partial charge < -0.3 is 19.5 Å². The second kappa shape index (κ2) is 10.6. The van der Waals surface area contributed by atoms with Gasteiger partial charge in [-0.2, -0.15) is 0 Å². The molecule has 9 heteroatoms. The number of ether oxygens (including phenoxy) is 3. The standard InChI is InChI=1S/C22H22Br2N2O4S/c1-5-29-15-8-6-14(7-9-15)25-22-26-21(27)17(31-22)11-13-10-16(28-4)20(30-12(2)3)19(24)18(13)23/h6-12H,5H2,1-4H3,(H,25,26,27)/b17-11-. The van der Waals surface area contributed by atoms with E-state index in [-0.39, 0.29) is 12.0 Å². The summed E-state index contributed by atoms with van der Waals surface area (Å²) in [5, 5.41) is 3.32. The monoisotopic (exact) mass is 568 g/mol. The van der Waals surface area contributed by atoms with Crippen LogP contribution in [0.15, 0.2) is 49.2 Å². The van der Waals surface area contributed by atoms with Gasteiger partial charge in [-0.15, -0.1) is 0 Å². The predicted octanol–water partition coefficient (Wildman–Crippen LogP) is 6.30. The maximum absolute atomic E-state index is 12.5. The molecular weight excluding hydrogens is 548 g/mol. The molecule has 0 atom stereocenters. The van der Waals surface area contributed by atoms with Crippen LogP contribution < -0.4 is 19.5 Å². The summed E-state index contributed by atoms with van der Waals surface area (Å²) in [4.78, 5) is 17.5. The minimum atomic E-state index is -0.209. The molecule has 0 radical (unpaired) electrons. The van der Waals surface area contributed by atoms with Crippen LogP contribution in [-0.2, 0) is 4.79 Å². The van der Waals surface area contributed by atoms with E-state index in [1.165, 1.54) is 11.8 Å². The van der Waals surface area contributed by atoms with E-state index in [9.17, 15) is 4.79 Å². The molecule has 0 spiro atoms. The lowest BCUT2D eigenvalue weighted by Gasteiger charge is -2.17. The van der Waals surface area contributed by atoms with Crippen LogP contribution in [0.25, 0.3) is 6.08 Å². The van der Waals surface area contributed by atoms with Crippen molar-refractivity contribution in [3.63, 3.8) is 0 Å². The Labute approximate surface area is 202 Å². The van der Waals surface area contributed by atoms with Gasteiger partial charge in [-0.1, -0.05) is 0 Å². The third-order valence-electron chi connectivity index (χ3n) is 4.05. The lowest BCUT2D eigenvalue weighted by atomic mass is 10.2. The Hall–Kier alpha value is -1.97. The Bertz CT molecular complexity index is 1040. The van der Waals surface area contributed by atoms with Crippen LogP contribution in [0.3, 0.4) is 0 Å². The van der Waals surface area contributed by atoms with Gasteiger partial charge in [0.25, 0.3) is 5.91 Å². The number of aliphatic imine (C=N–C) groups is 1. The van der Waals surface area contributed by atoms with Gasteiger partial charge in [-0.25, -0.2) is 4.99 Å². The molecule has 0 aromatic heterocycles. The number of halogens is 2. The summed E-state index contributed by atoms with van der Waals surface area (Å²) in [6.07, 6.45) is 1.77. The molecule has 0 unspecified atom stereocenters. The van der Waals surface area contributed by atoms with E-state index in [2.05, 4.69) is 42.2 Å². The van der Waals surface area contributed by atoms with E-state index in [4.69, 9.17) is 14.2 Å². The molecule has 0 aliphatic carbocycles. The van der Waals surface area contributed by atoms with Crippen LogP contribution in [0.5, 0.6) is 17.2 Å². The Morgan fingerprint density at radius 3 is 2.52 bits per heavy atom. The molecule has 1 aliphatic rings. The minimum Gasteiger partial charge on any atom is -0.494 e. The number of rotatable bonds is 7. The first-order chi connectivity index (χ1) is 14.8. The van der Waals surface area contributed by atoms with Gasteiger partial charge in [0.1, 0.15) is 5.75 Å². The molecule has 1 amide bonds. The number of nitrogens with zero attached hydrogens (tertiary/aromatic N) is 1. The average molecular weight is 570 g/mol. The number of carbonyl (C=O) groups excluding carboxylic acids is 1. The molecule has 1 heterocycles. The number of nitrogens with one attached hydrogen (secondary N) is 1. The maximum Gasteiger partial charge on any atom is 0.264 e. The van der Waals surface area contributed by atoms with Gasteiger partial charge in [0.2, 0.25) is 0 Å². The Morgan fingerprint density at radius 2 is 1.90 bits per heavy atom. The normalized spacial score (nSPS) is 16.2. The first kappa shape index (κ1) is 23.7. The largest absolute Gasteiger partial charge is 0.494 e. The first-order valence-corrected chi connectivity index (χ1v) is 12.0. The van der Waals surface area contributed by atoms with E-state index >= 15 is 0 Å². The summed E-state index contributed by atoms with van der Waals surface area (Å²) < 4.78 is 18.3. The second-order valence-electron chi connectivity index (χ2n) is 6.70. The number of methoxy groups -OCH3 is 1. The van der Waals surface area contributed by atoms with Crippen molar-refractivity contribution in [2.24, 2.45) is 4.99 Å². The smallest absolute Gasteiger partial charge is 0.264 e. The topological polar surface area (TPSA) is 69.2 Å². The quantitative estimate of drug-likeness (QED) is 0.396. The SMILES string of the molecule is CCOc1ccc(N=C2NC(=O)/C(=C/c3cc(OC)c(OC(C)C)c(Br)c3Br)S2)cc1. The lowest BCUT2D eigenvalue weighted by Crippen LogP contribution is -2.19. The molecule has 0 bridgehead atoms. The van der Waals surface area contributed by atoms with Crippen molar-refractivity contribution in [1.82, 2.24) is 5.32 Å². The molecule has 0 saturated carbocycles. The molecule has 2 aromatic carbocycles. The zero-order chi connectivity index (χ0) is 22.5. The molecule has 2 aromatic rings. The predicted molar refractivity (Wildman–Crippen MR) is 133 cm³/mol. The summed E-state index contributed by atoms with van der Waals surface area (Å²) in [7, 11) is 1.58. The third-order valence-corrected chi connectivity index (χ3v) is 7.10. The number of benzene rings is 2. The summed E-state index contributed by atoms with van der Waals surface area (Å²) in [6, 6.07) is 9.22. The molecule has 1 N–H and O–H groups in total. The third kappa shape index (κ3) is 5.84. The summed E-state index contributed by atoms with van der Waals surface area (Å²) in [6.45, 7) is 6.43. The number of hydrogen-bond donors (Lipinski definition) is 1. The molecule has 6 nitrogen and oxygen atoms in total. The van der Waals surface area contributed by atoms with Crippen molar-refractivity contribution in [2.75, 3.05) is 13.7 Å². The van der Waals surface area contributed by atoms with E-state index in [0.717, 1.165) is 25.9 Å². The highest BCUT2D eigenvalue weighted by Crippen LogP contribution is 2.44. The fourth-order valence-electron chi connectivity index (χ4n) is 2.73. The van der Waals surface area contributed by atoms with Gasteiger partial charge in [-0.3, -0.25) is 4.79 Å². The molecule has 1 fully saturated rings. The molecule has 1 aliphatic heterocycles. The highest BCUT2D eigenvalue weighted by atomic mass is 79.9. The fourth-order valence-corrected chi connectivity index (χ4v) is 4.49. The van der Waals surface area contributed by atoms with Crippen LogP contribution in [0.4, 0.5) is 5.69 Å². The van der Waals surface area contributed by atoms with E-state index in [0.29, 0.717) is 28.2 Å². The minimum absolute atomic E-state index is 0.0150. The van der Waals surface area contributed by atoms with Crippen molar-refractivity contribution in [1.29, 1.82) is 0 Å². The van der Waals surface area contributed by atoms with Crippen molar-refractivity contribution < 1.29 is 19.0 Å². The summed E-state index contributed by atoms with van der Waals surface area (Å²) in [5.74, 6) is 1.75. The molecule has 1 saturated heterocycles. The molecule has 31 heavy (non-hydrogen) atoms. The number of thioether (sulfide) groups is 1. The summed E-state index contributed by atoms with van der Waals surface area (Å²) >= 11 is 8.43. The van der Waals surface area contributed by atoms with Crippen LogP contribution in [0.2, 0.25) is 0 Å². The zero-order valence-corrected chi connectivity index (χ0v) is 21.5. The first-order valence-electron chi connectivity index (χ1n) is 9.57. The van der Waals surface area contributed by atoms with Crippen molar-refractivity contribution in [3.8, 4) is 17.2 Å². The Kier molecular flexibility index (Phi) is 8.07. The Morgan fingerprint density at radius 1 is 1.19 bits per heavy atom. The van der Waals surface area contributed by atoms with Crippen molar-refractivity contribution in [3.05, 3.63) is 49.7 Å². The van der Waals surface area contributed by atoms with Crippen molar-refractivity contribution >= 4 is 66.5 Å². The molecular formula is C22H22Br2N2O4S. The van der Waals surface area contributed by atoms with Crippen molar-refractivity contribution in [2.45, 2.75) is 26.9 Å². The maximum atomic E-state index is 12.5. The van der Waals surface area contributed by atoms with Gasteiger partial charge in [0.15, 0.2) is 16.7 Å². The van der Waals surface area contributed by atoms with Gasteiger partial charge in [0, 0.05) is 4.47 Å². The molecule has 3 rings (SSSR count). The van der Waals surface area contributed by atoms with Gasteiger partial charge >= 0.3 is 0 Å². The molecule has 164 valence electrons. The van der Waals surface area contributed by atoms with Crippen LogP contribution in [0.1, 0.15) is 26.3 Å². The zero-order valence-electron chi connectivity index (χ0n) is 17.5. The van der Waals surface area contributed by atoms with E-state index < -0.39 is 0 Å². The number of hydrogen-bond acceptors (Lipinski definition) is 6. The number of amidine groups is 1. The second-order valence-corrected chi connectivity index (χ2v) is 9.32.